The maximum absolute atomic E-state index is 12.7. The lowest BCUT2D eigenvalue weighted by Crippen LogP contribution is -2.32. The lowest BCUT2D eigenvalue weighted by molar-refractivity contribution is -0.157. The number of unbranched alkanes of at least 4 members (excludes halogenated alkanes) is 1. The van der Waals surface area contributed by atoms with E-state index in [-0.39, 0.29) is 29.9 Å². The Morgan fingerprint density at radius 3 is 2.06 bits per heavy atom. The molecule has 3 rings (SSSR count). The first-order valence-electron chi connectivity index (χ1n) is 13.4. The summed E-state index contributed by atoms with van der Waals surface area (Å²) in [4.78, 5) is 24.1. The van der Waals surface area contributed by atoms with E-state index in [1.165, 1.54) is 25.7 Å². The van der Waals surface area contributed by atoms with Crippen LogP contribution in [0.1, 0.15) is 103 Å². The van der Waals surface area contributed by atoms with Gasteiger partial charge in [0.2, 0.25) is 0 Å². The molecule has 184 valence electrons. The molecule has 0 spiro atoms. The quantitative estimate of drug-likeness (QED) is 0.224. The molecule has 0 aromatic rings. The van der Waals surface area contributed by atoms with E-state index in [0.717, 1.165) is 82.5 Å². The molecule has 0 N–H and O–H groups in total. The summed E-state index contributed by atoms with van der Waals surface area (Å²) in [5.41, 5.74) is 0.451. The van der Waals surface area contributed by atoms with Crippen molar-refractivity contribution in [2.24, 2.45) is 29.6 Å². The Morgan fingerprint density at radius 2 is 1.48 bits per heavy atom. The van der Waals surface area contributed by atoms with Crippen LogP contribution in [0.5, 0.6) is 0 Å². The highest BCUT2D eigenvalue weighted by Crippen LogP contribution is 2.41. The fourth-order valence-corrected chi connectivity index (χ4v) is 6.17. The van der Waals surface area contributed by atoms with Gasteiger partial charge in [0.05, 0.1) is 18.6 Å². The summed E-state index contributed by atoms with van der Waals surface area (Å²) in [5, 5.41) is 9.10. The summed E-state index contributed by atoms with van der Waals surface area (Å²) >= 11 is 0. The molecule has 5 nitrogen and oxygen atoms in total. The van der Waals surface area contributed by atoms with Crippen LogP contribution in [-0.2, 0) is 19.1 Å². The predicted octanol–water partition coefficient (Wildman–Crippen LogP) is 6.51. The Kier molecular flexibility index (Phi) is 10.3. The maximum atomic E-state index is 12.7. The normalized spacial score (nSPS) is 32.4. The molecule has 0 radical (unpaired) electrons. The largest absolute Gasteiger partial charge is 0.462 e. The average Bonchev–Trinajstić information content (AvgIpc) is 2.84. The number of esters is 2. The van der Waals surface area contributed by atoms with E-state index in [4.69, 9.17) is 14.7 Å². The first kappa shape index (κ1) is 25.8. The number of nitriles is 1. The van der Waals surface area contributed by atoms with Gasteiger partial charge in [0.1, 0.15) is 6.10 Å². The van der Waals surface area contributed by atoms with Crippen molar-refractivity contribution in [2.45, 2.75) is 109 Å². The van der Waals surface area contributed by atoms with Gasteiger partial charge in [0.25, 0.3) is 0 Å². The van der Waals surface area contributed by atoms with Gasteiger partial charge in [-0.3, -0.25) is 4.79 Å². The predicted molar refractivity (Wildman–Crippen MR) is 128 cm³/mol. The minimum absolute atomic E-state index is 0.0399. The highest BCUT2D eigenvalue weighted by molar-refractivity contribution is 5.86. The number of rotatable bonds is 9. The van der Waals surface area contributed by atoms with Crippen LogP contribution in [0, 0.1) is 40.9 Å². The zero-order chi connectivity index (χ0) is 23.6. The monoisotopic (exact) mass is 457 g/mol. The first-order chi connectivity index (χ1) is 16.0. The molecule has 5 heteroatoms. The Bertz CT molecular complexity index is 687. The molecular formula is C28H43NO4. The molecule has 3 aliphatic carbocycles. The van der Waals surface area contributed by atoms with Gasteiger partial charge in [-0.05, 0) is 115 Å². The maximum Gasteiger partial charge on any atom is 0.333 e. The first-order valence-corrected chi connectivity index (χ1v) is 13.4. The fourth-order valence-electron chi connectivity index (χ4n) is 6.17. The molecule has 0 aromatic heterocycles. The second-order valence-corrected chi connectivity index (χ2v) is 10.8. The van der Waals surface area contributed by atoms with E-state index >= 15 is 0 Å². The summed E-state index contributed by atoms with van der Waals surface area (Å²) in [6.07, 6.45) is 16.2. The summed E-state index contributed by atoms with van der Waals surface area (Å²) in [5.74, 6) is 2.32. The summed E-state index contributed by atoms with van der Waals surface area (Å²) in [6.45, 7) is 5.73. The molecule has 0 unspecified atom stereocenters. The van der Waals surface area contributed by atoms with Gasteiger partial charge in [0.15, 0.2) is 0 Å². The Labute approximate surface area is 200 Å². The Balaban J connectivity index is 1.25. The van der Waals surface area contributed by atoms with Gasteiger partial charge in [-0.1, -0.05) is 13.0 Å². The highest BCUT2D eigenvalue weighted by Gasteiger charge is 2.34. The van der Waals surface area contributed by atoms with Crippen LogP contribution in [0.2, 0.25) is 0 Å². The van der Waals surface area contributed by atoms with Crippen molar-refractivity contribution < 1.29 is 19.1 Å². The minimum Gasteiger partial charge on any atom is -0.462 e. The molecular weight excluding hydrogens is 414 g/mol. The smallest absolute Gasteiger partial charge is 0.333 e. The van der Waals surface area contributed by atoms with Crippen LogP contribution in [0.4, 0.5) is 0 Å². The van der Waals surface area contributed by atoms with E-state index in [9.17, 15) is 9.59 Å². The second-order valence-electron chi connectivity index (χ2n) is 10.8. The number of hydrogen-bond acceptors (Lipinski definition) is 5. The molecule has 0 atom stereocenters. The molecule has 0 aliphatic heterocycles. The molecule has 0 amide bonds. The average molecular weight is 458 g/mol. The van der Waals surface area contributed by atoms with Crippen molar-refractivity contribution in [2.75, 3.05) is 6.61 Å². The molecule has 0 saturated heterocycles. The SMILES string of the molecule is C=C(C)C(=O)OCCCC[C@H]1CC[C@H](C(=O)O[C@H]2CC[C@H]([C@H]3CC[C@H](C#N)CC3)CC2)CC1. The summed E-state index contributed by atoms with van der Waals surface area (Å²) < 4.78 is 11.1. The number of carbonyl (C=O) groups excluding carboxylic acids is 2. The van der Waals surface area contributed by atoms with Crippen LogP contribution >= 0.6 is 0 Å². The van der Waals surface area contributed by atoms with Gasteiger partial charge < -0.3 is 9.47 Å². The molecule has 3 aliphatic rings. The van der Waals surface area contributed by atoms with Gasteiger partial charge in [0, 0.05) is 11.5 Å². The van der Waals surface area contributed by atoms with Gasteiger partial charge in [-0.15, -0.1) is 0 Å². The summed E-state index contributed by atoms with van der Waals surface area (Å²) in [7, 11) is 0. The van der Waals surface area contributed by atoms with E-state index < -0.39 is 0 Å². The molecule has 33 heavy (non-hydrogen) atoms. The molecule has 0 aromatic carbocycles. The van der Waals surface area contributed by atoms with Gasteiger partial charge in [-0.2, -0.15) is 5.26 Å². The number of hydrogen-bond donors (Lipinski definition) is 0. The number of nitrogens with zero attached hydrogens (tertiary/aromatic N) is 1. The number of ether oxygens (including phenoxy) is 2. The van der Waals surface area contributed by atoms with Crippen molar-refractivity contribution in [3.63, 3.8) is 0 Å². The molecule has 0 heterocycles. The van der Waals surface area contributed by atoms with Crippen LogP contribution in [0.25, 0.3) is 0 Å². The third kappa shape index (κ3) is 8.16. The topological polar surface area (TPSA) is 76.4 Å². The van der Waals surface area contributed by atoms with E-state index in [1.54, 1.807) is 6.92 Å². The fraction of sp³-hybridized carbons (Fsp3) is 0.821. The lowest BCUT2D eigenvalue weighted by Gasteiger charge is -2.37. The van der Waals surface area contributed by atoms with Crippen molar-refractivity contribution in [1.29, 1.82) is 5.26 Å². The summed E-state index contributed by atoms with van der Waals surface area (Å²) in [6, 6.07) is 2.44. The van der Waals surface area contributed by atoms with Crippen molar-refractivity contribution in [3.8, 4) is 6.07 Å². The van der Waals surface area contributed by atoms with Crippen LogP contribution in [0.15, 0.2) is 12.2 Å². The van der Waals surface area contributed by atoms with Crippen LogP contribution in [-0.4, -0.2) is 24.6 Å². The lowest BCUT2D eigenvalue weighted by atomic mass is 9.71. The molecule has 3 fully saturated rings. The molecule has 3 saturated carbocycles. The van der Waals surface area contributed by atoms with Crippen molar-refractivity contribution in [1.82, 2.24) is 0 Å². The molecule has 0 bridgehead atoms. The van der Waals surface area contributed by atoms with E-state index in [2.05, 4.69) is 12.6 Å². The third-order valence-electron chi connectivity index (χ3n) is 8.39. The highest BCUT2D eigenvalue weighted by atomic mass is 16.5. The number of carbonyl (C=O) groups is 2. The Hall–Kier alpha value is -1.83. The van der Waals surface area contributed by atoms with E-state index in [1.807, 2.05) is 0 Å². The zero-order valence-electron chi connectivity index (χ0n) is 20.6. The van der Waals surface area contributed by atoms with Crippen molar-refractivity contribution >= 4 is 11.9 Å². The van der Waals surface area contributed by atoms with E-state index in [0.29, 0.717) is 18.1 Å². The minimum atomic E-state index is -0.301. The second kappa shape index (κ2) is 13.2. The standard InChI is InChI=1S/C28H43NO4/c1-20(2)27(30)32-18-4-3-5-21-6-12-25(13-7-21)28(31)33-26-16-14-24(15-17-26)23-10-8-22(19-29)9-11-23/h21-26H,1,3-18H2,2H3/t21-,22-,23-,24-,25-,26-. The van der Waals surface area contributed by atoms with Crippen molar-refractivity contribution in [3.05, 3.63) is 12.2 Å². The van der Waals surface area contributed by atoms with Gasteiger partial charge in [-0.25, -0.2) is 4.79 Å². The van der Waals surface area contributed by atoms with Crippen LogP contribution < -0.4 is 0 Å². The third-order valence-corrected chi connectivity index (χ3v) is 8.39. The zero-order valence-corrected chi connectivity index (χ0v) is 20.6. The van der Waals surface area contributed by atoms with Crippen LogP contribution in [0.3, 0.4) is 0 Å². The Morgan fingerprint density at radius 1 is 0.879 bits per heavy atom. The van der Waals surface area contributed by atoms with Gasteiger partial charge >= 0.3 is 11.9 Å².